The molecule has 0 N–H and O–H groups in total. The van der Waals surface area contributed by atoms with Crippen molar-refractivity contribution in [2.45, 2.75) is 12.8 Å². The molecule has 1 aliphatic heterocycles. The van der Waals surface area contributed by atoms with E-state index in [4.69, 9.17) is 0 Å². The Morgan fingerprint density at radius 3 is 2.75 bits per heavy atom. The number of esters is 1. The minimum Gasteiger partial charge on any atom is -0.464 e. The molecule has 12 heavy (non-hydrogen) atoms. The predicted octanol–water partition coefficient (Wildman–Crippen LogP) is 0.295. The highest BCUT2D eigenvalue weighted by Crippen LogP contribution is 2.15. The molecule has 0 aliphatic carbocycles. The van der Waals surface area contributed by atoms with Crippen LogP contribution >= 0.6 is 0 Å². The monoisotopic (exact) mass is 169 g/mol. The van der Waals surface area contributed by atoms with Crippen LogP contribution in [-0.4, -0.2) is 30.4 Å². The van der Waals surface area contributed by atoms with Crippen molar-refractivity contribution in [1.29, 1.82) is 0 Å². The van der Waals surface area contributed by atoms with Crippen LogP contribution in [-0.2, 0) is 14.3 Å². The molecule has 0 aromatic rings. The van der Waals surface area contributed by atoms with E-state index >= 15 is 0 Å². The highest BCUT2D eigenvalue weighted by molar-refractivity contribution is 5.93. The van der Waals surface area contributed by atoms with Gasteiger partial charge >= 0.3 is 5.97 Å². The Labute approximate surface area is 70.8 Å². The Morgan fingerprint density at radius 2 is 2.33 bits per heavy atom. The highest BCUT2D eigenvalue weighted by Gasteiger charge is 2.26. The van der Waals surface area contributed by atoms with E-state index in [1.54, 1.807) is 0 Å². The van der Waals surface area contributed by atoms with E-state index in [2.05, 4.69) is 11.3 Å². The summed E-state index contributed by atoms with van der Waals surface area (Å²) in [6, 6.07) is 0. The van der Waals surface area contributed by atoms with Crippen molar-refractivity contribution in [3.8, 4) is 0 Å². The molecule has 1 amide bonds. The summed E-state index contributed by atoms with van der Waals surface area (Å²) in [5.41, 5.74) is 0.139. The van der Waals surface area contributed by atoms with Gasteiger partial charge in [0.2, 0.25) is 5.91 Å². The topological polar surface area (TPSA) is 46.6 Å². The molecule has 0 atom stereocenters. The average Bonchev–Trinajstić information content (AvgIpc) is 2.48. The lowest BCUT2D eigenvalue weighted by Gasteiger charge is -2.15. The number of ether oxygens (including phenoxy) is 1. The lowest BCUT2D eigenvalue weighted by atomic mass is 10.4. The number of hydrogen-bond acceptors (Lipinski definition) is 3. The zero-order chi connectivity index (χ0) is 9.14. The van der Waals surface area contributed by atoms with E-state index in [9.17, 15) is 9.59 Å². The van der Waals surface area contributed by atoms with Crippen LogP contribution in [0.25, 0.3) is 0 Å². The molecule has 4 heteroatoms. The largest absolute Gasteiger partial charge is 0.464 e. The van der Waals surface area contributed by atoms with Crippen molar-refractivity contribution in [2.75, 3.05) is 13.7 Å². The third kappa shape index (κ3) is 1.47. The fourth-order valence-electron chi connectivity index (χ4n) is 1.16. The van der Waals surface area contributed by atoms with Gasteiger partial charge in [0.15, 0.2) is 0 Å². The molecule has 0 bridgehead atoms. The predicted molar refractivity (Wildman–Crippen MR) is 42.1 cm³/mol. The van der Waals surface area contributed by atoms with E-state index in [1.807, 2.05) is 0 Å². The molecule has 0 saturated carbocycles. The second kappa shape index (κ2) is 3.38. The Kier molecular flexibility index (Phi) is 2.47. The first-order valence-electron chi connectivity index (χ1n) is 3.74. The van der Waals surface area contributed by atoms with E-state index < -0.39 is 5.97 Å². The Hall–Kier alpha value is -1.32. The van der Waals surface area contributed by atoms with Crippen molar-refractivity contribution in [2.24, 2.45) is 0 Å². The standard InChI is InChI=1S/C8H11NO3/c1-6(8(11)12-2)9-5-3-4-7(9)10/h1,3-5H2,2H3. The van der Waals surface area contributed by atoms with E-state index in [-0.39, 0.29) is 11.6 Å². The van der Waals surface area contributed by atoms with Crippen LogP contribution in [0.2, 0.25) is 0 Å². The minimum absolute atomic E-state index is 0.0506. The molecule has 4 nitrogen and oxygen atoms in total. The van der Waals surface area contributed by atoms with Crippen molar-refractivity contribution in [1.82, 2.24) is 4.90 Å². The molecule has 66 valence electrons. The van der Waals surface area contributed by atoms with Crippen LogP contribution in [0, 0.1) is 0 Å². The third-order valence-electron chi connectivity index (χ3n) is 1.82. The molecule has 0 aromatic heterocycles. The van der Waals surface area contributed by atoms with E-state index in [0.29, 0.717) is 13.0 Å². The van der Waals surface area contributed by atoms with Crippen molar-refractivity contribution in [3.63, 3.8) is 0 Å². The normalized spacial score (nSPS) is 16.4. The van der Waals surface area contributed by atoms with Gasteiger partial charge in [0.1, 0.15) is 5.70 Å². The first-order chi connectivity index (χ1) is 5.66. The molecule has 0 spiro atoms. The van der Waals surface area contributed by atoms with Crippen molar-refractivity contribution < 1.29 is 14.3 Å². The molecular formula is C8H11NO3. The quantitative estimate of drug-likeness (QED) is 0.441. The first-order valence-corrected chi connectivity index (χ1v) is 3.74. The molecule has 0 aromatic carbocycles. The molecule has 1 aliphatic rings. The number of likely N-dealkylation sites (tertiary alicyclic amines) is 1. The lowest BCUT2D eigenvalue weighted by molar-refractivity contribution is -0.140. The van der Waals surface area contributed by atoms with Crippen LogP contribution in [0.3, 0.4) is 0 Å². The summed E-state index contributed by atoms with van der Waals surface area (Å²) in [6.45, 7) is 4.06. The number of methoxy groups -OCH3 is 1. The summed E-state index contributed by atoms with van der Waals surface area (Å²) in [4.78, 5) is 23.4. The van der Waals surface area contributed by atoms with Gasteiger partial charge < -0.3 is 9.64 Å². The maximum Gasteiger partial charge on any atom is 0.354 e. The van der Waals surface area contributed by atoms with Gasteiger partial charge in [0, 0.05) is 13.0 Å². The number of hydrogen-bond donors (Lipinski definition) is 0. The van der Waals surface area contributed by atoms with Gasteiger partial charge in [-0.15, -0.1) is 0 Å². The maximum atomic E-state index is 11.1. The SMILES string of the molecule is C=C(C(=O)OC)N1CCCC1=O. The number of rotatable bonds is 2. The summed E-state index contributed by atoms with van der Waals surface area (Å²) < 4.78 is 4.44. The summed E-state index contributed by atoms with van der Waals surface area (Å²) in [6.07, 6.45) is 1.28. The number of carbonyl (C=O) groups excluding carboxylic acids is 2. The summed E-state index contributed by atoms with van der Waals surface area (Å²) >= 11 is 0. The van der Waals surface area contributed by atoms with Gasteiger partial charge in [-0.2, -0.15) is 0 Å². The maximum absolute atomic E-state index is 11.1. The summed E-state index contributed by atoms with van der Waals surface area (Å²) in [5.74, 6) is -0.587. The smallest absolute Gasteiger partial charge is 0.354 e. The number of nitrogens with zero attached hydrogens (tertiary/aromatic N) is 1. The third-order valence-corrected chi connectivity index (χ3v) is 1.82. The van der Waals surface area contributed by atoms with E-state index in [1.165, 1.54) is 12.0 Å². The molecular weight excluding hydrogens is 158 g/mol. The molecule has 1 heterocycles. The van der Waals surface area contributed by atoms with Gasteiger partial charge in [-0.3, -0.25) is 4.79 Å². The van der Waals surface area contributed by atoms with Crippen LogP contribution in [0.4, 0.5) is 0 Å². The van der Waals surface area contributed by atoms with Gasteiger partial charge in [-0.05, 0) is 6.42 Å². The van der Waals surface area contributed by atoms with Crippen molar-refractivity contribution >= 4 is 11.9 Å². The molecule has 1 saturated heterocycles. The molecule has 0 radical (unpaired) electrons. The Bertz CT molecular complexity index is 234. The average molecular weight is 169 g/mol. The molecule has 1 rings (SSSR count). The Balaban J connectivity index is 2.63. The van der Waals surface area contributed by atoms with E-state index in [0.717, 1.165) is 6.42 Å². The van der Waals surface area contributed by atoms with Crippen LogP contribution in [0.5, 0.6) is 0 Å². The first kappa shape index (κ1) is 8.77. The lowest BCUT2D eigenvalue weighted by Crippen LogP contribution is -2.28. The summed E-state index contributed by atoms with van der Waals surface area (Å²) in [7, 11) is 1.27. The van der Waals surface area contributed by atoms with Gasteiger partial charge in [-0.25, -0.2) is 4.79 Å². The van der Waals surface area contributed by atoms with Crippen molar-refractivity contribution in [3.05, 3.63) is 12.3 Å². The van der Waals surface area contributed by atoms with Gasteiger partial charge in [0.25, 0.3) is 0 Å². The van der Waals surface area contributed by atoms with Crippen LogP contribution in [0.15, 0.2) is 12.3 Å². The zero-order valence-corrected chi connectivity index (χ0v) is 7.00. The second-order valence-corrected chi connectivity index (χ2v) is 2.59. The molecule has 1 fully saturated rings. The van der Waals surface area contributed by atoms with Crippen LogP contribution in [0.1, 0.15) is 12.8 Å². The van der Waals surface area contributed by atoms with Gasteiger partial charge in [-0.1, -0.05) is 6.58 Å². The summed E-state index contributed by atoms with van der Waals surface area (Å²) in [5, 5.41) is 0. The van der Waals surface area contributed by atoms with Gasteiger partial charge in [0.05, 0.1) is 7.11 Å². The Morgan fingerprint density at radius 1 is 1.67 bits per heavy atom. The highest BCUT2D eigenvalue weighted by atomic mass is 16.5. The van der Waals surface area contributed by atoms with Crippen LogP contribution < -0.4 is 0 Å². The molecule has 0 unspecified atom stereocenters. The fraction of sp³-hybridized carbons (Fsp3) is 0.500. The zero-order valence-electron chi connectivity index (χ0n) is 7.00. The second-order valence-electron chi connectivity index (χ2n) is 2.59. The minimum atomic E-state index is -0.537. The fourth-order valence-corrected chi connectivity index (χ4v) is 1.16. The number of amides is 1. The number of carbonyl (C=O) groups is 2.